The number of carbonyl (C=O) groups is 2. The van der Waals surface area contributed by atoms with Gasteiger partial charge in [0.05, 0.1) is 33.6 Å². The fourth-order valence-electron chi connectivity index (χ4n) is 3.66. The maximum atomic E-state index is 13.4. The van der Waals surface area contributed by atoms with Crippen LogP contribution in [0.2, 0.25) is 10.0 Å². The zero-order valence-corrected chi connectivity index (χ0v) is 14.0. The van der Waals surface area contributed by atoms with Crippen LogP contribution >= 0.6 is 23.2 Å². The van der Waals surface area contributed by atoms with Crippen molar-refractivity contribution >= 4 is 35.0 Å². The molecule has 1 saturated carbocycles. The van der Waals surface area contributed by atoms with Crippen molar-refractivity contribution in [2.24, 2.45) is 5.92 Å². The molecule has 2 saturated heterocycles. The summed E-state index contributed by atoms with van der Waals surface area (Å²) in [5, 5.41) is -0.150. The largest absolute Gasteiger partial charge is 0.335 e. The zero-order valence-electron chi connectivity index (χ0n) is 12.5. The third kappa shape index (κ3) is 2.47. The summed E-state index contributed by atoms with van der Waals surface area (Å²) in [6, 6.07) is 2.04. The number of piperazine rings is 1. The molecule has 24 heavy (non-hydrogen) atoms. The van der Waals surface area contributed by atoms with Crippen molar-refractivity contribution in [2.75, 3.05) is 13.1 Å². The molecule has 0 aromatic heterocycles. The lowest BCUT2D eigenvalue weighted by molar-refractivity contribution is -0.135. The normalized spacial score (nSPS) is 30.8. The summed E-state index contributed by atoms with van der Waals surface area (Å²) in [5.74, 6) is -1.65. The molecule has 3 fully saturated rings. The fourth-order valence-corrected chi connectivity index (χ4v) is 4.05. The molecular weight excluding hydrogens is 361 g/mol. The second-order valence-corrected chi connectivity index (χ2v) is 7.41. The second kappa shape index (κ2) is 5.56. The Morgan fingerprint density at radius 2 is 1.67 bits per heavy atom. The maximum absolute atomic E-state index is 13.4. The summed E-state index contributed by atoms with van der Waals surface area (Å²) in [7, 11) is 0. The molecule has 1 aromatic carbocycles. The molecular formula is C16H14Cl2F2N2O2. The Balaban J connectivity index is 1.49. The predicted molar refractivity (Wildman–Crippen MR) is 84.4 cm³/mol. The van der Waals surface area contributed by atoms with Crippen molar-refractivity contribution in [3.63, 3.8) is 0 Å². The van der Waals surface area contributed by atoms with Crippen LogP contribution in [0.15, 0.2) is 12.1 Å². The van der Waals surface area contributed by atoms with Crippen LogP contribution in [-0.4, -0.2) is 53.0 Å². The minimum absolute atomic E-state index is 0.0101. The van der Waals surface area contributed by atoms with Crippen LogP contribution in [0.25, 0.3) is 0 Å². The predicted octanol–water partition coefficient (Wildman–Crippen LogP) is 2.92. The van der Waals surface area contributed by atoms with Crippen molar-refractivity contribution in [2.45, 2.75) is 31.1 Å². The molecule has 4 rings (SSSR count). The number of carbonyl (C=O) groups excluding carboxylic acids is 2. The van der Waals surface area contributed by atoms with Gasteiger partial charge >= 0.3 is 0 Å². The van der Waals surface area contributed by atoms with Gasteiger partial charge in [0.2, 0.25) is 5.91 Å². The van der Waals surface area contributed by atoms with E-state index in [2.05, 4.69) is 0 Å². The van der Waals surface area contributed by atoms with E-state index in [9.17, 15) is 18.4 Å². The highest BCUT2D eigenvalue weighted by Gasteiger charge is 2.53. The van der Waals surface area contributed by atoms with Gasteiger partial charge in [-0.05, 0) is 25.0 Å². The first-order valence-corrected chi connectivity index (χ1v) is 8.52. The van der Waals surface area contributed by atoms with E-state index in [1.165, 1.54) is 6.07 Å². The molecule has 0 unspecified atom stereocenters. The first-order valence-electron chi connectivity index (χ1n) is 7.77. The number of fused-ring (bicyclic) bond motifs is 2. The Kier molecular flexibility index (Phi) is 3.73. The maximum Gasteiger partial charge on any atom is 0.255 e. The molecule has 2 bridgehead atoms. The van der Waals surface area contributed by atoms with Gasteiger partial charge in [0.25, 0.3) is 5.91 Å². The third-order valence-electron chi connectivity index (χ3n) is 5.05. The molecule has 4 atom stereocenters. The SMILES string of the molecule is O=C(c1cc(Cl)c(F)cc1Cl)N1C[C@@H]2C[C@H]1CN2C(=O)[C@@H]1C[C@H]1F. The number of benzene rings is 1. The van der Waals surface area contributed by atoms with Gasteiger partial charge in [-0.15, -0.1) is 0 Å². The van der Waals surface area contributed by atoms with Crippen molar-refractivity contribution < 1.29 is 18.4 Å². The number of likely N-dealkylation sites (tertiary alicyclic amines) is 2. The smallest absolute Gasteiger partial charge is 0.255 e. The summed E-state index contributed by atoms with van der Waals surface area (Å²) in [5.41, 5.74) is 0.152. The second-order valence-electron chi connectivity index (χ2n) is 6.60. The molecule has 1 aliphatic carbocycles. The molecule has 2 heterocycles. The first kappa shape index (κ1) is 16.1. The van der Waals surface area contributed by atoms with Crippen LogP contribution in [0.5, 0.6) is 0 Å². The van der Waals surface area contributed by atoms with E-state index < -0.39 is 17.9 Å². The molecule has 0 N–H and O–H groups in total. The van der Waals surface area contributed by atoms with Gasteiger partial charge in [0.15, 0.2) is 0 Å². The first-order chi connectivity index (χ1) is 11.4. The van der Waals surface area contributed by atoms with Crippen molar-refractivity contribution in [1.82, 2.24) is 9.80 Å². The van der Waals surface area contributed by atoms with E-state index in [0.717, 1.165) is 6.07 Å². The van der Waals surface area contributed by atoms with Gasteiger partial charge in [-0.2, -0.15) is 0 Å². The summed E-state index contributed by atoms with van der Waals surface area (Å²) in [6.07, 6.45) is -0.0400. The van der Waals surface area contributed by atoms with Gasteiger partial charge in [-0.1, -0.05) is 23.2 Å². The van der Waals surface area contributed by atoms with E-state index in [0.29, 0.717) is 25.9 Å². The number of halogens is 4. The quantitative estimate of drug-likeness (QED) is 0.746. The summed E-state index contributed by atoms with van der Waals surface area (Å²) >= 11 is 11.7. The number of amides is 2. The Labute approximate surface area is 147 Å². The highest BCUT2D eigenvalue weighted by molar-refractivity contribution is 6.35. The summed E-state index contributed by atoms with van der Waals surface area (Å²) in [4.78, 5) is 28.2. The number of hydrogen-bond acceptors (Lipinski definition) is 2. The number of alkyl halides is 1. The third-order valence-corrected chi connectivity index (χ3v) is 5.66. The summed E-state index contributed by atoms with van der Waals surface area (Å²) in [6.45, 7) is 0.787. The number of nitrogens with zero attached hydrogens (tertiary/aromatic N) is 2. The van der Waals surface area contributed by atoms with E-state index in [1.54, 1.807) is 9.80 Å². The van der Waals surface area contributed by atoms with Gasteiger partial charge < -0.3 is 9.80 Å². The Morgan fingerprint density at radius 3 is 2.25 bits per heavy atom. The van der Waals surface area contributed by atoms with Crippen molar-refractivity contribution in [1.29, 1.82) is 0 Å². The Morgan fingerprint density at radius 1 is 1.04 bits per heavy atom. The minimum Gasteiger partial charge on any atom is -0.335 e. The number of hydrogen-bond donors (Lipinski definition) is 0. The molecule has 3 aliphatic rings. The average molecular weight is 375 g/mol. The van der Waals surface area contributed by atoms with E-state index >= 15 is 0 Å². The van der Waals surface area contributed by atoms with Crippen molar-refractivity contribution in [3.05, 3.63) is 33.6 Å². The lowest BCUT2D eigenvalue weighted by atomic mass is 10.1. The Hall–Kier alpha value is -1.40. The zero-order chi connectivity index (χ0) is 17.2. The van der Waals surface area contributed by atoms with E-state index in [1.807, 2.05) is 0 Å². The van der Waals surface area contributed by atoms with Crippen LogP contribution in [-0.2, 0) is 4.79 Å². The molecule has 128 valence electrons. The Bertz CT molecular complexity index is 745. The molecule has 2 amide bonds. The van der Waals surface area contributed by atoms with Gasteiger partial charge in [-0.3, -0.25) is 9.59 Å². The molecule has 8 heteroatoms. The van der Waals surface area contributed by atoms with Crippen LogP contribution < -0.4 is 0 Å². The summed E-state index contributed by atoms with van der Waals surface area (Å²) < 4.78 is 26.5. The minimum atomic E-state index is -1.02. The van der Waals surface area contributed by atoms with Gasteiger partial charge in [0.1, 0.15) is 12.0 Å². The standard InChI is InChI=1S/C16H14Cl2F2N2O2/c17-11-4-14(20)12(18)2-9(11)15(23)21-5-8-1-7(21)6-22(8)16(24)10-3-13(10)19/h2,4,7-8,10,13H,1,3,5-6H2/t7-,8-,10+,13+/m0/s1. The molecule has 0 spiro atoms. The van der Waals surface area contributed by atoms with Crippen LogP contribution in [0.4, 0.5) is 8.78 Å². The lowest BCUT2D eigenvalue weighted by Crippen LogP contribution is -2.51. The number of rotatable bonds is 2. The lowest BCUT2D eigenvalue weighted by Gasteiger charge is -2.34. The highest BCUT2D eigenvalue weighted by atomic mass is 35.5. The monoisotopic (exact) mass is 374 g/mol. The van der Waals surface area contributed by atoms with Crippen LogP contribution in [0.1, 0.15) is 23.2 Å². The van der Waals surface area contributed by atoms with Gasteiger partial charge in [-0.25, -0.2) is 8.78 Å². The highest BCUT2D eigenvalue weighted by Crippen LogP contribution is 2.40. The topological polar surface area (TPSA) is 40.6 Å². The van der Waals surface area contributed by atoms with E-state index in [-0.39, 0.29) is 39.5 Å². The van der Waals surface area contributed by atoms with Crippen LogP contribution in [0.3, 0.4) is 0 Å². The van der Waals surface area contributed by atoms with Crippen LogP contribution in [0, 0.1) is 11.7 Å². The molecule has 0 radical (unpaired) electrons. The van der Waals surface area contributed by atoms with E-state index in [4.69, 9.17) is 23.2 Å². The molecule has 2 aliphatic heterocycles. The van der Waals surface area contributed by atoms with Gasteiger partial charge in [0, 0.05) is 13.1 Å². The van der Waals surface area contributed by atoms with Crippen molar-refractivity contribution in [3.8, 4) is 0 Å². The molecule has 1 aromatic rings. The average Bonchev–Trinajstić information content (AvgIpc) is 2.97. The molecule has 4 nitrogen and oxygen atoms in total. The fraction of sp³-hybridized carbons (Fsp3) is 0.500.